The van der Waals surface area contributed by atoms with Crippen LogP contribution in [0.15, 0.2) is 41.1 Å². The number of amides is 1. The Labute approximate surface area is 125 Å². The second kappa shape index (κ2) is 6.00. The number of benzene rings is 1. The summed E-state index contributed by atoms with van der Waals surface area (Å²) in [6.45, 7) is 3.21. The summed E-state index contributed by atoms with van der Waals surface area (Å²) in [5.74, 6) is -0.327. The molecule has 2 rings (SSSR count). The summed E-state index contributed by atoms with van der Waals surface area (Å²) < 4.78 is 2.35. The van der Waals surface area contributed by atoms with Crippen LogP contribution >= 0.6 is 15.9 Å². The smallest absolute Gasteiger partial charge is 0.248 e. The minimum Gasteiger partial charge on any atom is -0.324 e. The van der Waals surface area contributed by atoms with Gasteiger partial charge in [0, 0.05) is 22.4 Å². The van der Waals surface area contributed by atoms with Gasteiger partial charge in [0.1, 0.15) is 6.04 Å². The maximum absolute atomic E-state index is 12.2. The van der Waals surface area contributed by atoms with Crippen LogP contribution in [-0.2, 0) is 4.79 Å². The number of halogens is 1. The van der Waals surface area contributed by atoms with Gasteiger partial charge in [0.25, 0.3) is 0 Å². The molecule has 1 aromatic heterocycles. The lowest BCUT2D eigenvalue weighted by atomic mass is 10.1. The van der Waals surface area contributed by atoms with Gasteiger partial charge < -0.3 is 5.32 Å². The van der Waals surface area contributed by atoms with Crippen LogP contribution in [0.2, 0.25) is 0 Å². The number of Topliss-reactive ketones (excluding diaryl/α,β-unsaturated/α-hetero) is 1. The topological polar surface area (TPSA) is 64.0 Å². The van der Waals surface area contributed by atoms with Crippen LogP contribution in [0.1, 0.15) is 30.2 Å². The molecule has 0 bridgehead atoms. The van der Waals surface area contributed by atoms with E-state index in [0.717, 1.165) is 4.47 Å². The molecule has 0 fully saturated rings. The fourth-order valence-electron chi connectivity index (χ4n) is 1.78. The van der Waals surface area contributed by atoms with Crippen molar-refractivity contribution in [3.8, 4) is 0 Å². The van der Waals surface area contributed by atoms with Crippen molar-refractivity contribution in [3.63, 3.8) is 0 Å². The van der Waals surface area contributed by atoms with Crippen LogP contribution in [-0.4, -0.2) is 21.5 Å². The minimum absolute atomic E-state index is 0.103. The van der Waals surface area contributed by atoms with Gasteiger partial charge >= 0.3 is 0 Å². The number of hydrogen-bond donors (Lipinski definition) is 1. The number of aromatic nitrogens is 2. The summed E-state index contributed by atoms with van der Waals surface area (Å²) in [5.41, 5.74) is 0.977. The molecule has 104 valence electrons. The molecule has 0 radical (unpaired) electrons. The third-order valence-corrected chi connectivity index (χ3v) is 3.41. The van der Waals surface area contributed by atoms with E-state index < -0.39 is 6.04 Å². The lowest BCUT2D eigenvalue weighted by Crippen LogP contribution is -2.24. The minimum atomic E-state index is -0.451. The van der Waals surface area contributed by atoms with Gasteiger partial charge in [-0.25, -0.2) is 0 Å². The molecule has 6 heteroatoms. The zero-order valence-electron chi connectivity index (χ0n) is 11.1. The second-order valence-electron chi connectivity index (χ2n) is 4.40. The van der Waals surface area contributed by atoms with Crippen molar-refractivity contribution >= 4 is 33.3 Å². The lowest BCUT2D eigenvalue weighted by molar-refractivity contribution is -0.119. The average Bonchev–Trinajstić information content (AvgIpc) is 2.93. The zero-order valence-corrected chi connectivity index (χ0v) is 12.7. The van der Waals surface area contributed by atoms with Crippen molar-refractivity contribution in [2.24, 2.45) is 0 Å². The molecule has 0 saturated heterocycles. The third-order valence-electron chi connectivity index (χ3n) is 2.92. The predicted octanol–water partition coefficient (Wildman–Crippen LogP) is 3.05. The highest BCUT2D eigenvalue weighted by atomic mass is 79.9. The molecule has 0 spiro atoms. The Morgan fingerprint density at radius 2 is 2.15 bits per heavy atom. The first-order chi connectivity index (χ1) is 9.49. The molecule has 0 unspecified atom stereocenters. The number of rotatable bonds is 4. The molecule has 1 heterocycles. The van der Waals surface area contributed by atoms with Gasteiger partial charge in [-0.3, -0.25) is 14.3 Å². The Kier molecular flexibility index (Phi) is 4.34. The summed E-state index contributed by atoms with van der Waals surface area (Å²) in [7, 11) is 0. The van der Waals surface area contributed by atoms with Crippen LogP contribution in [0.25, 0.3) is 0 Å². The van der Waals surface area contributed by atoms with Crippen LogP contribution in [0.3, 0.4) is 0 Å². The number of hydrogen-bond acceptors (Lipinski definition) is 3. The molecule has 1 N–H and O–H groups in total. The van der Waals surface area contributed by atoms with E-state index in [2.05, 4.69) is 26.3 Å². The van der Waals surface area contributed by atoms with E-state index in [4.69, 9.17) is 0 Å². The van der Waals surface area contributed by atoms with Crippen LogP contribution in [0.5, 0.6) is 0 Å². The number of carbonyl (C=O) groups excluding carboxylic acids is 2. The Hall–Kier alpha value is -1.95. The van der Waals surface area contributed by atoms with Gasteiger partial charge in [0.15, 0.2) is 5.78 Å². The highest BCUT2D eigenvalue weighted by molar-refractivity contribution is 9.10. The zero-order chi connectivity index (χ0) is 14.7. The van der Waals surface area contributed by atoms with Crippen molar-refractivity contribution in [3.05, 3.63) is 46.7 Å². The van der Waals surface area contributed by atoms with E-state index in [1.54, 1.807) is 48.3 Å². The van der Waals surface area contributed by atoms with Crippen molar-refractivity contribution in [1.82, 2.24) is 9.78 Å². The largest absolute Gasteiger partial charge is 0.324 e. The molecule has 2 aromatic rings. The van der Waals surface area contributed by atoms with E-state index in [-0.39, 0.29) is 11.7 Å². The maximum atomic E-state index is 12.2. The Morgan fingerprint density at radius 1 is 1.40 bits per heavy atom. The fourth-order valence-corrected chi connectivity index (χ4v) is 2.14. The normalized spacial score (nSPS) is 11.9. The summed E-state index contributed by atoms with van der Waals surface area (Å²) in [6.07, 6.45) is 3.34. The van der Waals surface area contributed by atoms with E-state index in [1.165, 1.54) is 6.92 Å². The molecule has 20 heavy (non-hydrogen) atoms. The van der Waals surface area contributed by atoms with Crippen LogP contribution < -0.4 is 5.32 Å². The monoisotopic (exact) mass is 335 g/mol. The summed E-state index contributed by atoms with van der Waals surface area (Å²) in [4.78, 5) is 23.8. The van der Waals surface area contributed by atoms with Gasteiger partial charge in [-0.15, -0.1) is 0 Å². The highest BCUT2D eigenvalue weighted by Gasteiger charge is 2.17. The molecule has 0 saturated carbocycles. The molecule has 1 aromatic carbocycles. The molecular weight excluding hydrogens is 322 g/mol. The summed E-state index contributed by atoms with van der Waals surface area (Å²) in [6, 6.07) is 6.48. The standard InChI is InChI=1S/C14H14BrN3O2/c1-9(18-7-3-6-16-18)14(20)17-13-5-4-11(15)8-12(13)10(2)19/h3-9H,1-2H3,(H,17,20)/t9-/m1/s1. The Balaban J connectivity index is 2.22. The molecule has 1 amide bonds. The third kappa shape index (κ3) is 3.14. The van der Waals surface area contributed by atoms with Gasteiger partial charge in [-0.2, -0.15) is 5.10 Å². The number of nitrogens with one attached hydrogen (secondary N) is 1. The lowest BCUT2D eigenvalue weighted by Gasteiger charge is -2.14. The molecule has 0 aliphatic heterocycles. The average molecular weight is 336 g/mol. The van der Waals surface area contributed by atoms with E-state index in [1.807, 2.05) is 0 Å². The fraction of sp³-hybridized carbons (Fsp3) is 0.214. The first-order valence-electron chi connectivity index (χ1n) is 6.09. The van der Waals surface area contributed by atoms with Crippen molar-refractivity contribution < 1.29 is 9.59 Å². The number of anilines is 1. The van der Waals surface area contributed by atoms with Gasteiger partial charge in [0.2, 0.25) is 5.91 Å². The van der Waals surface area contributed by atoms with Crippen LogP contribution in [0.4, 0.5) is 5.69 Å². The number of nitrogens with zero attached hydrogens (tertiary/aromatic N) is 2. The maximum Gasteiger partial charge on any atom is 0.248 e. The van der Waals surface area contributed by atoms with E-state index in [9.17, 15) is 9.59 Å². The van der Waals surface area contributed by atoms with Crippen molar-refractivity contribution in [2.45, 2.75) is 19.9 Å². The van der Waals surface area contributed by atoms with E-state index in [0.29, 0.717) is 11.3 Å². The SMILES string of the molecule is CC(=O)c1cc(Br)ccc1NC(=O)[C@@H](C)n1cccn1. The molecule has 1 atom stereocenters. The Bertz CT molecular complexity index is 638. The van der Waals surface area contributed by atoms with E-state index >= 15 is 0 Å². The van der Waals surface area contributed by atoms with Crippen molar-refractivity contribution in [2.75, 3.05) is 5.32 Å². The highest BCUT2D eigenvalue weighted by Crippen LogP contribution is 2.22. The molecule has 0 aliphatic carbocycles. The quantitative estimate of drug-likeness (QED) is 0.873. The Morgan fingerprint density at radius 3 is 2.75 bits per heavy atom. The number of carbonyl (C=O) groups is 2. The van der Waals surface area contributed by atoms with Crippen LogP contribution in [0, 0.1) is 0 Å². The predicted molar refractivity (Wildman–Crippen MR) is 79.7 cm³/mol. The van der Waals surface area contributed by atoms with Gasteiger partial charge in [-0.1, -0.05) is 15.9 Å². The first-order valence-corrected chi connectivity index (χ1v) is 6.89. The first kappa shape index (κ1) is 14.5. The number of ketones is 1. The molecule has 5 nitrogen and oxygen atoms in total. The summed E-state index contributed by atoms with van der Waals surface area (Å²) >= 11 is 3.31. The second-order valence-corrected chi connectivity index (χ2v) is 5.31. The summed E-state index contributed by atoms with van der Waals surface area (Å²) in [5, 5.41) is 6.80. The van der Waals surface area contributed by atoms with Gasteiger partial charge in [-0.05, 0) is 38.1 Å². The molecular formula is C14H14BrN3O2. The van der Waals surface area contributed by atoms with Gasteiger partial charge in [0.05, 0.1) is 5.69 Å². The van der Waals surface area contributed by atoms with Crippen molar-refractivity contribution in [1.29, 1.82) is 0 Å². The molecule has 0 aliphatic rings.